The van der Waals surface area contributed by atoms with Crippen LogP contribution in [0.5, 0.6) is 0 Å². The molecule has 1 unspecified atom stereocenters. The molecule has 0 heterocycles. The first-order valence-corrected chi connectivity index (χ1v) is 6.03. The first-order valence-electron chi connectivity index (χ1n) is 5.23. The number of hydrogen-bond acceptors (Lipinski definition) is 1. The van der Waals surface area contributed by atoms with Crippen molar-refractivity contribution in [3.8, 4) is 0 Å². The van der Waals surface area contributed by atoms with Crippen LogP contribution in [0.2, 0.25) is 0 Å². The van der Waals surface area contributed by atoms with Crippen LogP contribution in [-0.4, -0.2) is 5.11 Å². The van der Waals surface area contributed by atoms with E-state index in [-0.39, 0.29) is 11.7 Å². The van der Waals surface area contributed by atoms with Crippen molar-refractivity contribution in [1.29, 1.82) is 0 Å². The first kappa shape index (κ1) is 12.7. The largest absolute Gasteiger partial charge is 0.388 e. The quantitative estimate of drug-likeness (QED) is 0.878. The molecule has 1 aromatic rings. The van der Waals surface area contributed by atoms with Crippen molar-refractivity contribution < 1.29 is 9.50 Å². The summed E-state index contributed by atoms with van der Waals surface area (Å²) in [5, 5.41) is 10.1. The number of benzene rings is 1. The number of aliphatic hydroxyl groups excluding tert-OH is 1. The van der Waals surface area contributed by atoms with Gasteiger partial charge in [-0.3, -0.25) is 0 Å². The van der Waals surface area contributed by atoms with E-state index in [9.17, 15) is 9.50 Å². The summed E-state index contributed by atoms with van der Waals surface area (Å²) in [5.74, 6) is -0.138. The Bertz CT molecular complexity index is 323. The maximum atomic E-state index is 13.3. The molecule has 0 aromatic heterocycles. The molecule has 84 valence electrons. The van der Waals surface area contributed by atoms with E-state index in [0.717, 1.165) is 12.8 Å². The molecule has 0 amide bonds. The van der Waals surface area contributed by atoms with E-state index in [0.29, 0.717) is 10.0 Å². The van der Waals surface area contributed by atoms with Crippen molar-refractivity contribution in [2.75, 3.05) is 0 Å². The van der Waals surface area contributed by atoms with Crippen LogP contribution in [0, 0.1) is 11.7 Å². The normalized spacial score (nSPS) is 13.2. The Morgan fingerprint density at radius 3 is 2.47 bits per heavy atom. The summed E-state index contributed by atoms with van der Waals surface area (Å²) in [7, 11) is 0. The van der Waals surface area contributed by atoms with E-state index in [4.69, 9.17) is 0 Å². The molecular weight excluding hydrogens is 259 g/mol. The predicted octanol–water partition coefficient (Wildman–Crippen LogP) is 4.06. The molecule has 0 saturated heterocycles. The van der Waals surface area contributed by atoms with Gasteiger partial charge in [-0.05, 0) is 33.5 Å². The summed E-state index contributed by atoms with van der Waals surface area (Å²) < 4.78 is 13.6. The highest BCUT2D eigenvalue weighted by Crippen LogP contribution is 2.33. The smallest absolute Gasteiger partial charge is 0.137 e. The molecule has 15 heavy (non-hydrogen) atoms. The molecule has 3 heteroatoms. The van der Waals surface area contributed by atoms with E-state index in [1.165, 1.54) is 6.07 Å². The molecule has 1 N–H and O–H groups in total. The van der Waals surface area contributed by atoms with Crippen LogP contribution in [0.15, 0.2) is 22.7 Å². The minimum absolute atomic E-state index is 0.183. The number of rotatable bonds is 4. The highest BCUT2D eigenvalue weighted by atomic mass is 79.9. The fourth-order valence-electron chi connectivity index (χ4n) is 1.74. The lowest BCUT2D eigenvalue weighted by Crippen LogP contribution is -2.11. The number of halogens is 2. The number of aliphatic hydroxyl groups is 1. The third-order valence-corrected chi connectivity index (χ3v) is 3.63. The fourth-order valence-corrected chi connectivity index (χ4v) is 2.24. The molecule has 0 saturated carbocycles. The molecule has 1 rings (SSSR count). The van der Waals surface area contributed by atoms with Crippen LogP contribution >= 0.6 is 15.9 Å². The van der Waals surface area contributed by atoms with Crippen LogP contribution in [0.25, 0.3) is 0 Å². The SMILES string of the molecule is CCC(CC)C(O)c1cccc(F)c1Br. The topological polar surface area (TPSA) is 20.2 Å². The Hall–Kier alpha value is -0.410. The lowest BCUT2D eigenvalue weighted by Gasteiger charge is -2.21. The van der Waals surface area contributed by atoms with Crippen LogP contribution in [0.1, 0.15) is 38.4 Å². The molecular formula is C12H16BrFO. The van der Waals surface area contributed by atoms with Gasteiger partial charge in [-0.1, -0.05) is 38.8 Å². The van der Waals surface area contributed by atoms with Gasteiger partial charge in [0.05, 0.1) is 10.6 Å². The van der Waals surface area contributed by atoms with Crippen LogP contribution in [-0.2, 0) is 0 Å². The molecule has 0 aliphatic carbocycles. The average molecular weight is 275 g/mol. The second-order valence-electron chi connectivity index (χ2n) is 3.66. The molecule has 0 aliphatic heterocycles. The molecule has 0 aliphatic rings. The van der Waals surface area contributed by atoms with Crippen molar-refractivity contribution in [3.05, 3.63) is 34.1 Å². The highest BCUT2D eigenvalue weighted by Gasteiger charge is 2.20. The van der Waals surface area contributed by atoms with Gasteiger partial charge in [0.15, 0.2) is 0 Å². The van der Waals surface area contributed by atoms with Crippen molar-refractivity contribution >= 4 is 15.9 Å². The first-order chi connectivity index (χ1) is 7.11. The van der Waals surface area contributed by atoms with E-state index < -0.39 is 6.10 Å². The van der Waals surface area contributed by atoms with Gasteiger partial charge in [0.2, 0.25) is 0 Å². The Labute approximate surface area is 98.4 Å². The van der Waals surface area contributed by atoms with Crippen molar-refractivity contribution in [2.24, 2.45) is 5.92 Å². The Balaban J connectivity index is 2.99. The zero-order valence-corrected chi connectivity index (χ0v) is 10.6. The summed E-state index contributed by atoms with van der Waals surface area (Å²) in [6.07, 6.45) is 1.19. The van der Waals surface area contributed by atoms with Gasteiger partial charge >= 0.3 is 0 Å². The standard InChI is InChI=1S/C12H16BrFO/c1-3-8(4-2)12(15)9-6-5-7-10(14)11(9)13/h5-8,12,15H,3-4H2,1-2H3. The Kier molecular flexibility index (Phi) is 4.74. The fraction of sp³-hybridized carbons (Fsp3) is 0.500. The molecule has 0 bridgehead atoms. The Morgan fingerprint density at radius 1 is 1.33 bits per heavy atom. The second-order valence-corrected chi connectivity index (χ2v) is 4.46. The van der Waals surface area contributed by atoms with E-state index >= 15 is 0 Å². The Morgan fingerprint density at radius 2 is 1.93 bits per heavy atom. The van der Waals surface area contributed by atoms with Gasteiger partial charge in [0, 0.05) is 0 Å². The molecule has 1 aromatic carbocycles. The van der Waals surface area contributed by atoms with Gasteiger partial charge in [0.25, 0.3) is 0 Å². The van der Waals surface area contributed by atoms with Crippen LogP contribution in [0.4, 0.5) is 4.39 Å². The van der Waals surface area contributed by atoms with Gasteiger partial charge in [0.1, 0.15) is 5.82 Å². The third kappa shape index (κ3) is 2.79. The summed E-state index contributed by atoms with van der Waals surface area (Å²) in [5.41, 5.74) is 0.642. The summed E-state index contributed by atoms with van der Waals surface area (Å²) >= 11 is 3.17. The molecule has 0 fully saturated rings. The van der Waals surface area contributed by atoms with E-state index in [2.05, 4.69) is 15.9 Å². The van der Waals surface area contributed by atoms with Crippen molar-refractivity contribution in [1.82, 2.24) is 0 Å². The van der Waals surface area contributed by atoms with Gasteiger partial charge in [-0.2, -0.15) is 0 Å². The summed E-state index contributed by atoms with van der Waals surface area (Å²) in [6.45, 7) is 4.06. The summed E-state index contributed by atoms with van der Waals surface area (Å²) in [4.78, 5) is 0. The lowest BCUT2D eigenvalue weighted by atomic mass is 9.91. The predicted molar refractivity (Wildman–Crippen MR) is 63.1 cm³/mol. The maximum Gasteiger partial charge on any atom is 0.137 e. The van der Waals surface area contributed by atoms with Crippen molar-refractivity contribution in [3.63, 3.8) is 0 Å². The minimum Gasteiger partial charge on any atom is -0.388 e. The number of hydrogen-bond donors (Lipinski definition) is 1. The average Bonchev–Trinajstić information content (AvgIpc) is 2.23. The molecule has 1 atom stereocenters. The molecule has 1 nitrogen and oxygen atoms in total. The van der Waals surface area contributed by atoms with Gasteiger partial charge in [-0.15, -0.1) is 0 Å². The minimum atomic E-state index is -0.593. The van der Waals surface area contributed by atoms with Crippen LogP contribution < -0.4 is 0 Å². The zero-order valence-electron chi connectivity index (χ0n) is 9.00. The second kappa shape index (κ2) is 5.61. The van der Waals surface area contributed by atoms with E-state index in [1.54, 1.807) is 12.1 Å². The molecule has 0 spiro atoms. The lowest BCUT2D eigenvalue weighted by molar-refractivity contribution is 0.102. The van der Waals surface area contributed by atoms with Crippen LogP contribution in [0.3, 0.4) is 0 Å². The van der Waals surface area contributed by atoms with Crippen molar-refractivity contribution in [2.45, 2.75) is 32.8 Å². The van der Waals surface area contributed by atoms with Gasteiger partial charge < -0.3 is 5.11 Å². The third-order valence-electron chi connectivity index (χ3n) is 2.80. The van der Waals surface area contributed by atoms with Gasteiger partial charge in [-0.25, -0.2) is 4.39 Å². The maximum absolute atomic E-state index is 13.3. The highest BCUT2D eigenvalue weighted by molar-refractivity contribution is 9.10. The summed E-state index contributed by atoms with van der Waals surface area (Å²) in [6, 6.07) is 4.77. The molecule has 0 radical (unpaired) electrons. The zero-order chi connectivity index (χ0) is 11.4. The van der Waals surface area contributed by atoms with E-state index in [1.807, 2.05) is 13.8 Å². The monoisotopic (exact) mass is 274 g/mol.